The number of nitrogens with zero attached hydrogens (tertiary/aromatic N) is 3. The lowest BCUT2D eigenvalue weighted by atomic mass is 10.3. The van der Waals surface area contributed by atoms with Gasteiger partial charge >= 0.3 is 0 Å². The van der Waals surface area contributed by atoms with Crippen LogP contribution in [0.3, 0.4) is 0 Å². The van der Waals surface area contributed by atoms with Gasteiger partial charge in [0.25, 0.3) is 0 Å². The molecule has 1 aliphatic carbocycles. The second kappa shape index (κ2) is 4.26. The molecule has 14 heavy (non-hydrogen) atoms. The van der Waals surface area contributed by atoms with Crippen molar-refractivity contribution in [2.24, 2.45) is 5.92 Å². The van der Waals surface area contributed by atoms with Crippen molar-refractivity contribution in [2.75, 3.05) is 18.0 Å². The fourth-order valence-corrected chi connectivity index (χ4v) is 1.99. The van der Waals surface area contributed by atoms with Gasteiger partial charge in [-0.2, -0.15) is 0 Å². The first-order chi connectivity index (χ1) is 6.81. The van der Waals surface area contributed by atoms with Crippen LogP contribution >= 0.6 is 15.9 Å². The summed E-state index contributed by atoms with van der Waals surface area (Å²) in [4.78, 5) is 10.6. The maximum atomic E-state index is 4.30. The monoisotopic (exact) mass is 255 g/mol. The van der Waals surface area contributed by atoms with Crippen LogP contribution in [0.25, 0.3) is 0 Å². The van der Waals surface area contributed by atoms with E-state index in [0.717, 1.165) is 29.3 Å². The minimum absolute atomic E-state index is 0.886. The van der Waals surface area contributed by atoms with Crippen LogP contribution in [0.2, 0.25) is 0 Å². The molecule has 0 unspecified atom stereocenters. The molecule has 0 bridgehead atoms. The molecule has 1 aliphatic rings. The van der Waals surface area contributed by atoms with Crippen LogP contribution in [0.4, 0.5) is 5.82 Å². The van der Waals surface area contributed by atoms with Crippen molar-refractivity contribution < 1.29 is 0 Å². The molecule has 4 heteroatoms. The highest BCUT2D eigenvalue weighted by atomic mass is 79.9. The molecule has 0 amide bonds. The molecule has 0 saturated heterocycles. The van der Waals surface area contributed by atoms with Gasteiger partial charge < -0.3 is 4.90 Å². The molecular weight excluding hydrogens is 242 g/mol. The Morgan fingerprint density at radius 2 is 2.36 bits per heavy atom. The highest BCUT2D eigenvalue weighted by molar-refractivity contribution is 9.10. The zero-order chi connectivity index (χ0) is 9.97. The molecule has 76 valence electrons. The Labute approximate surface area is 92.7 Å². The van der Waals surface area contributed by atoms with Crippen LogP contribution in [0, 0.1) is 5.92 Å². The van der Waals surface area contributed by atoms with Crippen LogP contribution in [0.1, 0.15) is 19.8 Å². The van der Waals surface area contributed by atoms with E-state index in [1.807, 2.05) is 0 Å². The third-order valence-corrected chi connectivity index (χ3v) is 3.06. The largest absolute Gasteiger partial charge is 0.356 e. The molecule has 0 spiro atoms. The SMILES string of the molecule is CCN(CC1CC1)c1ncncc1Br. The van der Waals surface area contributed by atoms with Gasteiger partial charge in [-0.1, -0.05) is 0 Å². The normalized spacial score (nSPS) is 15.6. The molecule has 0 aromatic carbocycles. The summed E-state index contributed by atoms with van der Waals surface area (Å²) in [5.74, 6) is 1.91. The summed E-state index contributed by atoms with van der Waals surface area (Å²) >= 11 is 3.48. The first kappa shape index (κ1) is 9.90. The molecule has 0 radical (unpaired) electrons. The Bertz CT molecular complexity index is 312. The molecule has 0 N–H and O–H groups in total. The van der Waals surface area contributed by atoms with Crippen LogP contribution < -0.4 is 4.90 Å². The standard InChI is InChI=1S/C10H14BrN3/c1-2-14(6-8-3-4-8)10-9(11)5-12-7-13-10/h5,7-8H,2-4,6H2,1H3. The number of anilines is 1. The lowest BCUT2D eigenvalue weighted by Crippen LogP contribution is -2.26. The van der Waals surface area contributed by atoms with E-state index in [9.17, 15) is 0 Å². The zero-order valence-corrected chi connectivity index (χ0v) is 9.87. The molecular formula is C10H14BrN3. The number of hydrogen-bond acceptors (Lipinski definition) is 3. The average Bonchev–Trinajstić information content (AvgIpc) is 2.99. The van der Waals surface area contributed by atoms with E-state index in [2.05, 4.69) is 37.7 Å². The minimum atomic E-state index is 0.886. The third-order valence-electron chi connectivity index (χ3n) is 2.50. The molecule has 1 saturated carbocycles. The Hall–Kier alpha value is -0.640. The Balaban J connectivity index is 2.12. The van der Waals surface area contributed by atoms with E-state index < -0.39 is 0 Å². The van der Waals surface area contributed by atoms with Gasteiger partial charge in [0.15, 0.2) is 0 Å². The zero-order valence-electron chi connectivity index (χ0n) is 8.28. The molecule has 0 aliphatic heterocycles. The van der Waals surface area contributed by atoms with E-state index in [4.69, 9.17) is 0 Å². The van der Waals surface area contributed by atoms with Gasteiger partial charge in [0.1, 0.15) is 12.1 Å². The molecule has 0 atom stereocenters. The molecule has 1 aromatic heterocycles. The topological polar surface area (TPSA) is 29.0 Å². The predicted octanol–water partition coefficient (Wildman–Crippen LogP) is 2.48. The molecule has 1 aromatic rings. The smallest absolute Gasteiger partial charge is 0.146 e. The molecule has 1 heterocycles. The van der Waals surface area contributed by atoms with E-state index >= 15 is 0 Å². The van der Waals surface area contributed by atoms with Crippen LogP contribution in [-0.2, 0) is 0 Å². The van der Waals surface area contributed by atoms with Crippen molar-refractivity contribution in [3.05, 3.63) is 17.0 Å². The summed E-state index contributed by atoms with van der Waals surface area (Å²) in [5, 5.41) is 0. The van der Waals surface area contributed by atoms with Gasteiger partial charge in [-0.05, 0) is 41.6 Å². The highest BCUT2D eigenvalue weighted by Crippen LogP contribution is 2.32. The maximum Gasteiger partial charge on any atom is 0.146 e. The van der Waals surface area contributed by atoms with E-state index in [1.54, 1.807) is 12.5 Å². The number of aromatic nitrogens is 2. The van der Waals surface area contributed by atoms with Gasteiger partial charge in [-0.3, -0.25) is 0 Å². The summed E-state index contributed by atoms with van der Waals surface area (Å²) in [6.45, 7) is 4.30. The van der Waals surface area contributed by atoms with E-state index in [0.29, 0.717) is 0 Å². The molecule has 3 nitrogen and oxygen atoms in total. The second-order valence-corrected chi connectivity index (χ2v) is 4.53. The van der Waals surface area contributed by atoms with Crippen LogP contribution in [0.15, 0.2) is 17.0 Å². The Kier molecular flexibility index (Phi) is 3.01. The summed E-state index contributed by atoms with van der Waals surface area (Å²) < 4.78 is 0.988. The first-order valence-electron chi connectivity index (χ1n) is 5.01. The predicted molar refractivity (Wildman–Crippen MR) is 60.3 cm³/mol. The average molecular weight is 256 g/mol. The Morgan fingerprint density at radius 1 is 1.57 bits per heavy atom. The summed E-state index contributed by atoms with van der Waals surface area (Å²) in [6.07, 6.45) is 6.16. The van der Waals surface area contributed by atoms with Crippen LogP contribution in [-0.4, -0.2) is 23.1 Å². The van der Waals surface area contributed by atoms with Crippen molar-refractivity contribution in [3.63, 3.8) is 0 Å². The summed E-state index contributed by atoms with van der Waals surface area (Å²) in [5.41, 5.74) is 0. The van der Waals surface area contributed by atoms with Crippen LogP contribution in [0.5, 0.6) is 0 Å². The van der Waals surface area contributed by atoms with Gasteiger partial charge in [0.2, 0.25) is 0 Å². The van der Waals surface area contributed by atoms with Crippen molar-refractivity contribution in [2.45, 2.75) is 19.8 Å². The maximum absolute atomic E-state index is 4.30. The first-order valence-corrected chi connectivity index (χ1v) is 5.81. The quantitative estimate of drug-likeness (QED) is 0.828. The van der Waals surface area contributed by atoms with Gasteiger partial charge in [-0.15, -0.1) is 0 Å². The fraction of sp³-hybridized carbons (Fsp3) is 0.600. The number of halogens is 1. The second-order valence-electron chi connectivity index (χ2n) is 3.68. The Morgan fingerprint density at radius 3 is 2.93 bits per heavy atom. The van der Waals surface area contributed by atoms with Crippen molar-refractivity contribution in [3.8, 4) is 0 Å². The minimum Gasteiger partial charge on any atom is -0.356 e. The lowest BCUT2D eigenvalue weighted by Gasteiger charge is -2.22. The van der Waals surface area contributed by atoms with Gasteiger partial charge in [0, 0.05) is 19.3 Å². The van der Waals surface area contributed by atoms with Crippen molar-refractivity contribution >= 4 is 21.7 Å². The summed E-state index contributed by atoms with van der Waals surface area (Å²) in [7, 11) is 0. The fourth-order valence-electron chi connectivity index (χ4n) is 1.52. The van der Waals surface area contributed by atoms with E-state index in [-0.39, 0.29) is 0 Å². The molecule has 1 fully saturated rings. The van der Waals surface area contributed by atoms with E-state index in [1.165, 1.54) is 12.8 Å². The third kappa shape index (κ3) is 2.23. The lowest BCUT2D eigenvalue weighted by molar-refractivity contribution is 0.728. The highest BCUT2D eigenvalue weighted by Gasteiger charge is 2.24. The van der Waals surface area contributed by atoms with Crippen molar-refractivity contribution in [1.29, 1.82) is 0 Å². The molecule has 2 rings (SSSR count). The van der Waals surface area contributed by atoms with Gasteiger partial charge in [-0.25, -0.2) is 9.97 Å². The number of hydrogen-bond donors (Lipinski definition) is 0. The number of rotatable bonds is 4. The van der Waals surface area contributed by atoms with Gasteiger partial charge in [0.05, 0.1) is 4.47 Å². The summed E-state index contributed by atoms with van der Waals surface area (Å²) in [6, 6.07) is 0. The van der Waals surface area contributed by atoms with Crippen molar-refractivity contribution in [1.82, 2.24) is 9.97 Å².